The van der Waals surface area contributed by atoms with Crippen LogP contribution in [0.3, 0.4) is 0 Å². The van der Waals surface area contributed by atoms with Crippen LogP contribution in [-0.4, -0.2) is 44.9 Å². The van der Waals surface area contributed by atoms with Crippen molar-refractivity contribution in [1.82, 2.24) is 10.6 Å². The van der Waals surface area contributed by atoms with Crippen molar-refractivity contribution in [2.45, 2.75) is 6.10 Å². The van der Waals surface area contributed by atoms with Gasteiger partial charge in [-0.15, -0.1) is 12.4 Å². The summed E-state index contributed by atoms with van der Waals surface area (Å²) in [5, 5.41) is 5.11. The van der Waals surface area contributed by atoms with Crippen molar-refractivity contribution in [3.63, 3.8) is 0 Å². The zero-order valence-electron chi connectivity index (χ0n) is 7.74. The Kier molecular flexibility index (Phi) is 5.98. The molecule has 0 aromatic carbocycles. The molecule has 1 saturated heterocycles. The van der Waals surface area contributed by atoms with Gasteiger partial charge in [-0.05, 0) is 7.05 Å². The van der Waals surface area contributed by atoms with Crippen LogP contribution in [-0.2, 0) is 14.3 Å². The highest BCUT2D eigenvalue weighted by Gasteiger charge is 2.23. The van der Waals surface area contributed by atoms with Gasteiger partial charge in [0.15, 0.2) is 6.10 Å². The summed E-state index contributed by atoms with van der Waals surface area (Å²) in [6.45, 7) is 0.666. The van der Waals surface area contributed by atoms with Crippen LogP contribution in [0.4, 0.5) is 4.79 Å². The molecule has 7 heteroatoms. The van der Waals surface area contributed by atoms with E-state index in [2.05, 4.69) is 10.6 Å². The van der Waals surface area contributed by atoms with E-state index < -0.39 is 6.09 Å². The minimum absolute atomic E-state index is 0. The number of carbonyl (C=O) groups is 2. The molecule has 6 nitrogen and oxygen atoms in total. The van der Waals surface area contributed by atoms with Crippen LogP contribution in [0.1, 0.15) is 0 Å². The molecule has 0 spiro atoms. The van der Waals surface area contributed by atoms with E-state index in [9.17, 15) is 9.59 Å². The van der Waals surface area contributed by atoms with Crippen LogP contribution in [0.25, 0.3) is 0 Å². The van der Waals surface area contributed by atoms with E-state index in [1.807, 2.05) is 0 Å². The summed E-state index contributed by atoms with van der Waals surface area (Å²) in [7, 11) is 1.65. The molecule has 82 valence electrons. The second kappa shape index (κ2) is 6.44. The van der Waals surface area contributed by atoms with E-state index in [1.165, 1.54) is 0 Å². The molecule has 0 radical (unpaired) electrons. The smallest absolute Gasteiger partial charge is 0.407 e. The molecular weight excluding hydrogens is 212 g/mol. The lowest BCUT2D eigenvalue weighted by Crippen LogP contribution is -2.27. The van der Waals surface area contributed by atoms with Gasteiger partial charge in [-0.1, -0.05) is 0 Å². The second-order valence-corrected chi connectivity index (χ2v) is 2.62. The topological polar surface area (TPSA) is 76.7 Å². The number of likely N-dealkylation sites (N-methyl/N-ethyl adjacent to an activating group) is 1. The molecule has 0 saturated carbocycles. The van der Waals surface area contributed by atoms with Crippen molar-refractivity contribution in [1.29, 1.82) is 0 Å². The number of amides is 1. The molecule has 0 aromatic rings. The zero-order chi connectivity index (χ0) is 9.68. The van der Waals surface area contributed by atoms with Gasteiger partial charge in [-0.25, -0.2) is 4.79 Å². The Hall–Kier alpha value is -1.01. The first-order valence-corrected chi connectivity index (χ1v) is 3.97. The van der Waals surface area contributed by atoms with Crippen LogP contribution in [0, 0.1) is 0 Å². The normalized spacial score (nSPS) is 19.2. The third-order valence-electron chi connectivity index (χ3n) is 1.50. The van der Waals surface area contributed by atoms with Crippen LogP contribution in [0.5, 0.6) is 0 Å². The van der Waals surface area contributed by atoms with E-state index in [0.29, 0.717) is 6.54 Å². The molecular formula is C7H13ClN2O4. The number of esters is 1. The first-order chi connectivity index (χ1) is 6.22. The van der Waals surface area contributed by atoms with Crippen molar-refractivity contribution < 1.29 is 19.1 Å². The number of cyclic esters (lactones) is 1. The van der Waals surface area contributed by atoms with Gasteiger partial charge in [0, 0.05) is 0 Å². The number of alkyl carbamates (subject to hydrolysis) is 1. The number of halogens is 1. The fraction of sp³-hybridized carbons (Fsp3) is 0.714. The number of nitrogens with one attached hydrogen (secondary N) is 2. The number of ether oxygens (including phenoxy) is 2. The quantitative estimate of drug-likeness (QED) is 0.617. The number of rotatable bonds is 4. The van der Waals surface area contributed by atoms with E-state index in [4.69, 9.17) is 9.47 Å². The lowest BCUT2D eigenvalue weighted by atomic mass is 10.4. The average Bonchev–Trinajstić information content (AvgIpc) is 2.49. The van der Waals surface area contributed by atoms with Gasteiger partial charge in [-0.2, -0.15) is 0 Å². The Morgan fingerprint density at radius 1 is 1.79 bits per heavy atom. The summed E-state index contributed by atoms with van der Waals surface area (Å²) < 4.78 is 9.54. The summed E-state index contributed by atoms with van der Waals surface area (Å²) in [5.74, 6) is -0.356. The minimum Gasteiger partial charge on any atom is -0.461 e. The lowest BCUT2D eigenvalue weighted by molar-refractivity contribution is -0.144. The predicted molar refractivity (Wildman–Crippen MR) is 50.4 cm³/mol. The standard InChI is InChI=1S/C7H12N2O4.ClH/c1-8-3-6(10)12-4-5-2-9-7(11)13-5;/h5,8H,2-4H2,1H3,(H,9,11);1H/t5-;/m1./s1. The fourth-order valence-corrected chi connectivity index (χ4v) is 0.906. The maximum atomic E-state index is 10.8. The number of carbonyl (C=O) groups excluding carboxylic acids is 2. The Morgan fingerprint density at radius 3 is 3.00 bits per heavy atom. The number of hydrogen-bond donors (Lipinski definition) is 2. The van der Waals surface area contributed by atoms with Crippen LogP contribution >= 0.6 is 12.4 Å². The molecule has 1 aliphatic rings. The predicted octanol–water partition coefficient (Wildman–Crippen LogP) is -0.721. The summed E-state index contributed by atoms with van der Waals surface area (Å²) >= 11 is 0. The van der Waals surface area contributed by atoms with Crippen molar-refractivity contribution in [2.24, 2.45) is 0 Å². The van der Waals surface area contributed by atoms with Crippen LogP contribution in [0.15, 0.2) is 0 Å². The average molecular weight is 225 g/mol. The van der Waals surface area contributed by atoms with E-state index in [-0.39, 0.29) is 37.6 Å². The van der Waals surface area contributed by atoms with Gasteiger partial charge >= 0.3 is 12.1 Å². The van der Waals surface area contributed by atoms with E-state index in [1.54, 1.807) is 7.05 Å². The summed E-state index contributed by atoms with van der Waals surface area (Å²) in [4.78, 5) is 21.4. The Balaban J connectivity index is 0.00000169. The monoisotopic (exact) mass is 224 g/mol. The summed E-state index contributed by atoms with van der Waals surface area (Å²) in [6.07, 6.45) is -0.817. The number of hydrogen-bond acceptors (Lipinski definition) is 5. The third-order valence-corrected chi connectivity index (χ3v) is 1.50. The van der Waals surface area contributed by atoms with Gasteiger partial charge in [0.2, 0.25) is 0 Å². The Bertz CT molecular complexity index is 212. The highest BCUT2D eigenvalue weighted by Crippen LogP contribution is 1.99. The van der Waals surface area contributed by atoms with Crippen molar-refractivity contribution in [3.8, 4) is 0 Å². The Morgan fingerprint density at radius 2 is 2.50 bits per heavy atom. The van der Waals surface area contributed by atoms with Gasteiger partial charge in [0.25, 0.3) is 0 Å². The largest absolute Gasteiger partial charge is 0.461 e. The highest BCUT2D eigenvalue weighted by atomic mass is 35.5. The fourth-order valence-electron chi connectivity index (χ4n) is 0.906. The van der Waals surface area contributed by atoms with Crippen molar-refractivity contribution >= 4 is 24.5 Å². The first kappa shape index (κ1) is 13.0. The molecule has 1 atom stereocenters. The summed E-state index contributed by atoms with van der Waals surface area (Å²) in [6, 6.07) is 0. The minimum atomic E-state index is -0.463. The molecule has 1 heterocycles. The maximum absolute atomic E-state index is 10.8. The van der Waals surface area contributed by atoms with Crippen molar-refractivity contribution in [3.05, 3.63) is 0 Å². The second-order valence-electron chi connectivity index (χ2n) is 2.62. The molecule has 0 bridgehead atoms. The van der Waals surface area contributed by atoms with Gasteiger partial charge < -0.3 is 20.1 Å². The zero-order valence-corrected chi connectivity index (χ0v) is 8.56. The van der Waals surface area contributed by atoms with Gasteiger partial charge in [0.05, 0.1) is 13.1 Å². The Labute approximate surface area is 87.7 Å². The molecule has 1 amide bonds. The SMILES string of the molecule is CNCC(=O)OC[C@H]1CNC(=O)O1.Cl. The van der Waals surface area contributed by atoms with E-state index in [0.717, 1.165) is 0 Å². The summed E-state index contributed by atoms with van der Waals surface area (Å²) in [5.41, 5.74) is 0. The molecule has 1 rings (SSSR count). The lowest BCUT2D eigenvalue weighted by Gasteiger charge is -2.08. The molecule has 0 aliphatic carbocycles. The van der Waals surface area contributed by atoms with E-state index >= 15 is 0 Å². The molecule has 2 N–H and O–H groups in total. The van der Waals surface area contributed by atoms with Crippen LogP contribution in [0.2, 0.25) is 0 Å². The molecule has 14 heavy (non-hydrogen) atoms. The van der Waals surface area contributed by atoms with Crippen LogP contribution < -0.4 is 10.6 Å². The molecule has 1 fully saturated rings. The van der Waals surface area contributed by atoms with Crippen molar-refractivity contribution in [2.75, 3.05) is 26.7 Å². The molecule has 0 aromatic heterocycles. The first-order valence-electron chi connectivity index (χ1n) is 3.97. The van der Waals surface area contributed by atoms with Gasteiger partial charge in [0.1, 0.15) is 6.61 Å². The highest BCUT2D eigenvalue weighted by molar-refractivity contribution is 5.85. The molecule has 1 aliphatic heterocycles. The van der Waals surface area contributed by atoms with Gasteiger partial charge in [-0.3, -0.25) is 4.79 Å². The molecule has 0 unspecified atom stereocenters. The maximum Gasteiger partial charge on any atom is 0.407 e. The third kappa shape index (κ3) is 4.29.